The molecule has 1 fully saturated rings. The molecule has 0 saturated carbocycles. The van der Waals surface area contributed by atoms with Gasteiger partial charge in [0, 0.05) is 55.6 Å². The van der Waals surface area contributed by atoms with Crippen molar-refractivity contribution >= 4 is 28.6 Å². The Morgan fingerprint density at radius 1 is 1.00 bits per heavy atom. The number of fused-ring (bicyclic) bond motifs is 2. The smallest absolute Gasteiger partial charge is 0.277 e. The average Bonchev–Trinajstić information content (AvgIpc) is 3.16. The summed E-state index contributed by atoms with van der Waals surface area (Å²) in [6.07, 6.45) is 2.19. The van der Waals surface area contributed by atoms with E-state index in [-0.39, 0.29) is 11.7 Å². The lowest BCUT2D eigenvalue weighted by molar-refractivity contribution is 0.101. The molecule has 0 N–H and O–H groups in total. The van der Waals surface area contributed by atoms with Crippen LogP contribution >= 0.6 is 0 Å². The number of amides is 1. The van der Waals surface area contributed by atoms with Gasteiger partial charge in [-0.2, -0.15) is 0 Å². The fourth-order valence-electron chi connectivity index (χ4n) is 4.34. The van der Waals surface area contributed by atoms with Gasteiger partial charge in [-0.15, -0.1) is 0 Å². The number of carbonyl (C=O) groups excluding carboxylic acids is 1. The largest absolute Gasteiger partial charge is 0.490 e. The summed E-state index contributed by atoms with van der Waals surface area (Å²) in [4.78, 5) is 20.2. The number of halogens is 1. The first-order valence-corrected chi connectivity index (χ1v) is 10.7. The highest BCUT2D eigenvalue weighted by atomic mass is 19.1. The minimum atomic E-state index is -0.455. The molecule has 6 heteroatoms. The highest BCUT2D eigenvalue weighted by Gasteiger charge is 2.20. The number of hydrogen-bond donors (Lipinski definition) is 0. The third-order valence-corrected chi connectivity index (χ3v) is 6.01. The molecule has 0 unspecified atom stereocenters. The molecule has 3 aromatic carbocycles. The number of aliphatic imine (C=N–C) groups is 1. The van der Waals surface area contributed by atoms with Crippen molar-refractivity contribution in [2.24, 2.45) is 4.99 Å². The van der Waals surface area contributed by atoms with Gasteiger partial charge in [0.25, 0.3) is 5.91 Å². The molecule has 5 nitrogen and oxygen atoms in total. The van der Waals surface area contributed by atoms with Gasteiger partial charge in [-0.05, 0) is 30.0 Å². The number of ether oxygens (including phenoxy) is 1. The normalized spacial score (nSPS) is 16.2. The Labute approximate surface area is 180 Å². The van der Waals surface area contributed by atoms with Gasteiger partial charge in [-0.25, -0.2) is 9.38 Å². The van der Waals surface area contributed by atoms with Crippen LogP contribution in [0.5, 0.6) is 5.75 Å². The molecule has 2 aliphatic heterocycles. The van der Waals surface area contributed by atoms with E-state index >= 15 is 0 Å². The summed E-state index contributed by atoms with van der Waals surface area (Å²) >= 11 is 0. The van der Waals surface area contributed by atoms with Crippen LogP contribution in [0.2, 0.25) is 0 Å². The maximum atomic E-state index is 14.2. The molecule has 0 spiro atoms. The van der Waals surface area contributed by atoms with Gasteiger partial charge < -0.3 is 9.64 Å². The van der Waals surface area contributed by atoms with Crippen molar-refractivity contribution in [2.75, 3.05) is 44.2 Å². The Morgan fingerprint density at radius 2 is 1.81 bits per heavy atom. The van der Waals surface area contributed by atoms with Crippen LogP contribution in [0, 0.1) is 5.82 Å². The Bertz CT molecular complexity index is 1150. The molecule has 0 bridgehead atoms. The van der Waals surface area contributed by atoms with Gasteiger partial charge in [0.05, 0.1) is 12.2 Å². The molecule has 5 rings (SSSR count). The van der Waals surface area contributed by atoms with Crippen molar-refractivity contribution in [2.45, 2.75) is 6.42 Å². The lowest BCUT2D eigenvalue weighted by Gasteiger charge is -2.36. The number of carbonyl (C=O) groups is 1. The highest BCUT2D eigenvalue weighted by Crippen LogP contribution is 2.28. The molecule has 0 radical (unpaired) electrons. The predicted molar refractivity (Wildman–Crippen MR) is 121 cm³/mol. The van der Waals surface area contributed by atoms with E-state index in [0.717, 1.165) is 39.1 Å². The second-order valence-corrected chi connectivity index (χ2v) is 7.96. The first kappa shape index (κ1) is 19.7. The molecule has 0 atom stereocenters. The van der Waals surface area contributed by atoms with Gasteiger partial charge in [0.2, 0.25) is 0 Å². The minimum absolute atomic E-state index is 0.123. The first-order chi connectivity index (χ1) is 15.2. The Hall–Kier alpha value is -3.25. The van der Waals surface area contributed by atoms with E-state index in [1.807, 2.05) is 0 Å². The zero-order chi connectivity index (χ0) is 21.2. The number of nitrogens with zero attached hydrogens (tertiary/aromatic N) is 3. The van der Waals surface area contributed by atoms with Gasteiger partial charge in [0.1, 0.15) is 0 Å². The van der Waals surface area contributed by atoms with E-state index < -0.39 is 5.82 Å². The molecule has 2 heterocycles. The quantitative estimate of drug-likeness (QED) is 0.566. The van der Waals surface area contributed by atoms with Gasteiger partial charge >= 0.3 is 0 Å². The average molecular weight is 417 g/mol. The standard InChI is InChI=1S/C25H24FN3O2/c26-22-15-19-17-27-25(30)21(19)16-24(22)31-14-4-9-28-10-12-29(13-11-28)23-8-3-6-18-5-1-2-7-20(18)23/h1-3,5-8,15-17H,4,9-14H2. The molecule has 0 aromatic heterocycles. The molecule has 0 aliphatic carbocycles. The second kappa shape index (κ2) is 8.47. The monoisotopic (exact) mass is 417 g/mol. The molecule has 1 saturated heterocycles. The third-order valence-electron chi connectivity index (χ3n) is 6.01. The van der Waals surface area contributed by atoms with Crippen LogP contribution in [0.4, 0.5) is 10.1 Å². The topological polar surface area (TPSA) is 45.1 Å². The molecular formula is C25H24FN3O2. The van der Waals surface area contributed by atoms with Crippen LogP contribution in [0.1, 0.15) is 22.3 Å². The van der Waals surface area contributed by atoms with Crippen LogP contribution in [0.15, 0.2) is 59.6 Å². The summed E-state index contributed by atoms with van der Waals surface area (Å²) in [5.74, 6) is -0.675. The van der Waals surface area contributed by atoms with Crippen molar-refractivity contribution in [1.29, 1.82) is 0 Å². The summed E-state index contributed by atoms with van der Waals surface area (Å²) in [7, 11) is 0. The van der Waals surface area contributed by atoms with E-state index in [0.29, 0.717) is 17.7 Å². The molecule has 3 aromatic rings. The van der Waals surface area contributed by atoms with Crippen LogP contribution < -0.4 is 9.64 Å². The number of rotatable bonds is 6. The van der Waals surface area contributed by atoms with E-state index in [4.69, 9.17) is 4.74 Å². The lowest BCUT2D eigenvalue weighted by atomic mass is 10.1. The van der Waals surface area contributed by atoms with E-state index in [1.54, 1.807) is 0 Å². The van der Waals surface area contributed by atoms with E-state index in [9.17, 15) is 9.18 Å². The van der Waals surface area contributed by atoms with Crippen molar-refractivity contribution in [3.05, 3.63) is 71.5 Å². The highest BCUT2D eigenvalue weighted by molar-refractivity contribution is 6.13. The van der Waals surface area contributed by atoms with Gasteiger partial charge in [0.15, 0.2) is 11.6 Å². The third kappa shape index (κ3) is 4.03. The fraction of sp³-hybridized carbons (Fsp3) is 0.280. The molecule has 2 aliphatic rings. The van der Waals surface area contributed by atoms with E-state index in [2.05, 4.69) is 57.3 Å². The Balaban J connectivity index is 1.11. The zero-order valence-corrected chi connectivity index (χ0v) is 17.3. The summed E-state index contributed by atoms with van der Waals surface area (Å²) in [6, 6.07) is 17.8. The molecular weight excluding hydrogens is 393 g/mol. The van der Waals surface area contributed by atoms with Crippen LogP contribution in [-0.2, 0) is 0 Å². The molecule has 1 amide bonds. The Kier molecular flexibility index (Phi) is 5.38. The maximum absolute atomic E-state index is 14.2. The summed E-state index contributed by atoms with van der Waals surface area (Å²) in [5.41, 5.74) is 2.21. The van der Waals surface area contributed by atoms with E-state index in [1.165, 1.54) is 34.8 Å². The lowest BCUT2D eigenvalue weighted by Crippen LogP contribution is -2.46. The number of anilines is 1. The van der Waals surface area contributed by atoms with Crippen molar-refractivity contribution in [1.82, 2.24) is 4.90 Å². The van der Waals surface area contributed by atoms with Crippen molar-refractivity contribution in [3.63, 3.8) is 0 Å². The minimum Gasteiger partial charge on any atom is -0.490 e. The van der Waals surface area contributed by atoms with Crippen molar-refractivity contribution in [3.8, 4) is 5.75 Å². The summed E-state index contributed by atoms with van der Waals surface area (Å²) in [6.45, 7) is 5.25. The Morgan fingerprint density at radius 3 is 2.68 bits per heavy atom. The second-order valence-electron chi connectivity index (χ2n) is 7.96. The van der Waals surface area contributed by atoms with Crippen LogP contribution in [0.3, 0.4) is 0 Å². The first-order valence-electron chi connectivity index (χ1n) is 10.7. The fourth-order valence-corrected chi connectivity index (χ4v) is 4.34. The predicted octanol–water partition coefficient (Wildman–Crippen LogP) is 4.14. The van der Waals surface area contributed by atoms with Crippen LogP contribution in [0.25, 0.3) is 10.8 Å². The summed E-state index contributed by atoms with van der Waals surface area (Å²) in [5, 5.41) is 2.57. The SMILES string of the molecule is O=C1N=Cc2cc(F)c(OCCCN3CCN(c4cccc5ccccc45)CC3)cc21. The number of piperazine rings is 1. The molecule has 31 heavy (non-hydrogen) atoms. The van der Waals surface area contributed by atoms with Crippen molar-refractivity contribution < 1.29 is 13.9 Å². The van der Waals surface area contributed by atoms with Gasteiger partial charge in [-0.1, -0.05) is 36.4 Å². The number of benzene rings is 3. The van der Waals surface area contributed by atoms with Gasteiger partial charge in [-0.3, -0.25) is 9.69 Å². The zero-order valence-electron chi connectivity index (χ0n) is 17.3. The van der Waals surface area contributed by atoms with Crippen LogP contribution in [-0.4, -0.2) is 56.4 Å². The summed E-state index contributed by atoms with van der Waals surface area (Å²) < 4.78 is 19.8. The molecule has 158 valence electrons. The number of hydrogen-bond acceptors (Lipinski definition) is 4. The maximum Gasteiger partial charge on any atom is 0.277 e.